The summed E-state index contributed by atoms with van der Waals surface area (Å²) < 4.78 is 3.26. The molecule has 0 saturated heterocycles. The number of hydrogen-bond acceptors (Lipinski definition) is 0. The zero-order chi connectivity index (χ0) is 28.1. The molecule has 2 aliphatic carbocycles. The van der Waals surface area contributed by atoms with Crippen LogP contribution in [0.2, 0.25) is 0 Å². The normalized spacial score (nSPS) is 13.3. The van der Waals surface area contributed by atoms with Gasteiger partial charge in [-0.1, -0.05) is 0 Å². The summed E-state index contributed by atoms with van der Waals surface area (Å²) in [5.41, 5.74) is 14.9. The Hall–Kier alpha value is -2.31. The van der Waals surface area contributed by atoms with Crippen LogP contribution in [-0.4, -0.2) is 3.21 Å². The van der Waals surface area contributed by atoms with Crippen LogP contribution in [-0.2, 0) is 40.0 Å². The van der Waals surface area contributed by atoms with Gasteiger partial charge >= 0.3 is 253 Å². The number of allylic oxidation sites excluding steroid dienone is 4. The van der Waals surface area contributed by atoms with Crippen LogP contribution in [0.1, 0.15) is 86.9 Å². The van der Waals surface area contributed by atoms with Gasteiger partial charge < -0.3 is 24.8 Å². The Balaban J connectivity index is 0.00000202. The van der Waals surface area contributed by atoms with Crippen LogP contribution in [0.3, 0.4) is 0 Å². The molecule has 0 heterocycles. The summed E-state index contributed by atoms with van der Waals surface area (Å²) in [5.74, 6) is 0. The first kappa shape index (κ1) is 32.6. The minimum Gasteiger partial charge on any atom is -1.00 e. The number of rotatable bonds is 4. The van der Waals surface area contributed by atoms with Gasteiger partial charge in [-0.25, -0.2) is 0 Å². The third kappa shape index (κ3) is 6.31. The molecule has 3 heteroatoms. The molecule has 42 heavy (non-hydrogen) atoms. The molecule has 0 unspecified atom stereocenters. The summed E-state index contributed by atoms with van der Waals surface area (Å²) in [5, 5.41) is 0. The Morgan fingerprint density at radius 3 is 1.81 bits per heavy atom. The van der Waals surface area contributed by atoms with Crippen LogP contribution < -0.4 is 28.1 Å². The van der Waals surface area contributed by atoms with Crippen LogP contribution in [0.15, 0.2) is 103 Å². The van der Waals surface area contributed by atoms with E-state index in [2.05, 4.69) is 145 Å². The van der Waals surface area contributed by atoms with Gasteiger partial charge in [0.25, 0.3) is 0 Å². The molecule has 0 fully saturated rings. The van der Waals surface area contributed by atoms with E-state index >= 15 is 0 Å². The molecule has 0 atom stereocenters. The second-order valence-corrected chi connectivity index (χ2v) is 16.4. The zero-order valence-electron chi connectivity index (χ0n) is 25.5. The Labute approximate surface area is 276 Å². The summed E-state index contributed by atoms with van der Waals surface area (Å²) in [6.07, 6.45) is 8.97. The van der Waals surface area contributed by atoms with E-state index in [1.807, 2.05) is 0 Å². The number of benzene rings is 4. The first-order valence-corrected chi connectivity index (χ1v) is 17.0. The molecule has 0 radical (unpaired) electrons. The van der Waals surface area contributed by atoms with Crippen molar-refractivity contribution < 1.29 is 47.6 Å². The molecule has 4 aromatic carbocycles. The van der Waals surface area contributed by atoms with E-state index in [9.17, 15) is 0 Å². The second kappa shape index (κ2) is 12.7. The molecular weight excluding hydrogens is 631 g/mol. The Morgan fingerprint density at radius 1 is 0.667 bits per heavy atom. The molecule has 0 amide bonds. The largest absolute Gasteiger partial charge is 1.00 e. The van der Waals surface area contributed by atoms with E-state index < -0.39 is 22.8 Å². The zero-order valence-corrected chi connectivity index (χ0v) is 29.5. The summed E-state index contributed by atoms with van der Waals surface area (Å²) in [6, 6.07) is 32.2. The van der Waals surface area contributed by atoms with E-state index in [0.717, 1.165) is 12.8 Å². The first-order chi connectivity index (χ1) is 19.1. The van der Waals surface area contributed by atoms with E-state index in [4.69, 9.17) is 0 Å². The SMILES string of the molecule is CC(C)(C)c1ccc2c(c1)Cc1c-2cc(C2=CC=CC2)c(C(C)(C)C)[c]1[Zr+2]=[C](c1ccccc1)c1ccccc1.[Cl-].[Cl-]. The predicted molar refractivity (Wildman–Crippen MR) is 170 cm³/mol. The van der Waals surface area contributed by atoms with E-state index in [1.54, 1.807) is 17.6 Å². The number of fused-ring (bicyclic) bond motifs is 3. The van der Waals surface area contributed by atoms with E-state index in [-0.39, 0.29) is 35.6 Å². The van der Waals surface area contributed by atoms with Gasteiger partial charge in [-0.2, -0.15) is 0 Å². The van der Waals surface area contributed by atoms with Crippen molar-refractivity contribution in [3.8, 4) is 11.1 Å². The molecule has 0 aromatic heterocycles. The van der Waals surface area contributed by atoms with Gasteiger partial charge in [0.1, 0.15) is 0 Å². The fraction of sp³-hybridized carbons (Fsp3) is 0.256. The molecule has 0 aliphatic heterocycles. The predicted octanol–water partition coefficient (Wildman–Crippen LogP) is 3.18. The molecule has 0 bridgehead atoms. The minimum absolute atomic E-state index is 0. The Morgan fingerprint density at radius 2 is 1.29 bits per heavy atom. The van der Waals surface area contributed by atoms with Crippen molar-refractivity contribution in [3.63, 3.8) is 0 Å². The Bertz CT molecular complexity index is 1640. The molecule has 6 rings (SSSR count). The van der Waals surface area contributed by atoms with Gasteiger partial charge in [-0.05, 0) is 0 Å². The molecule has 0 spiro atoms. The van der Waals surface area contributed by atoms with Gasteiger partial charge in [0.05, 0.1) is 0 Å². The van der Waals surface area contributed by atoms with Crippen molar-refractivity contribution in [2.24, 2.45) is 0 Å². The van der Waals surface area contributed by atoms with Gasteiger partial charge in [-0.15, -0.1) is 0 Å². The summed E-state index contributed by atoms with van der Waals surface area (Å²) in [4.78, 5) is 0. The fourth-order valence-electron chi connectivity index (χ4n) is 6.27. The molecule has 213 valence electrons. The molecule has 0 N–H and O–H groups in total. The van der Waals surface area contributed by atoms with Crippen LogP contribution in [0.25, 0.3) is 16.7 Å². The van der Waals surface area contributed by atoms with Crippen molar-refractivity contribution in [1.82, 2.24) is 0 Å². The fourth-order valence-corrected chi connectivity index (χ4v) is 10.9. The summed E-state index contributed by atoms with van der Waals surface area (Å²) >= 11 is -1.25. The Kier molecular flexibility index (Phi) is 9.89. The quantitative estimate of drug-likeness (QED) is 0.276. The molecular formula is C39H39Cl2Zr. The first-order valence-electron chi connectivity index (χ1n) is 14.6. The van der Waals surface area contributed by atoms with Crippen LogP contribution in [0.5, 0.6) is 0 Å². The smallest absolute Gasteiger partial charge is 1.00 e. The van der Waals surface area contributed by atoms with Gasteiger partial charge in [0.2, 0.25) is 0 Å². The second-order valence-electron chi connectivity index (χ2n) is 13.3. The van der Waals surface area contributed by atoms with Gasteiger partial charge in [0.15, 0.2) is 0 Å². The van der Waals surface area contributed by atoms with E-state index in [0.29, 0.717) is 0 Å². The van der Waals surface area contributed by atoms with Crippen molar-refractivity contribution in [1.29, 1.82) is 0 Å². The number of hydrogen-bond donors (Lipinski definition) is 0. The third-order valence-corrected chi connectivity index (χ3v) is 12.3. The van der Waals surface area contributed by atoms with Crippen molar-refractivity contribution in [2.75, 3.05) is 0 Å². The van der Waals surface area contributed by atoms with E-state index in [1.165, 1.54) is 44.5 Å². The average molecular weight is 670 g/mol. The summed E-state index contributed by atoms with van der Waals surface area (Å²) in [6.45, 7) is 14.3. The van der Waals surface area contributed by atoms with Gasteiger partial charge in [-0.3, -0.25) is 0 Å². The average Bonchev–Trinajstić information content (AvgIpc) is 3.59. The maximum absolute atomic E-state index is 2.56. The van der Waals surface area contributed by atoms with Crippen LogP contribution >= 0.6 is 0 Å². The minimum atomic E-state index is -1.25. The van der Waals surface area contributed by atoms with Crippen molar-refractivity contribution >= 4 is 12.1 Å². The molecule has 0 nitrogen and oxygen atoms in total. The van der Waals surface area contributed by atoms with Crippen LogP contribution in [0.4, 0.5) is 0 Å². The van der Waals surface area contributed by atoms with Crippen LogP contribution in [0, 0.1) is 0 Å². The van der Waals surface area contributed by atoms with Crippen molar-refractivity contribution in [2.45, 2.75) is 65.2 Å². The third-order valence-electron chi connectivity index (χ3n) is 8.31. The number of halogens is 2. The monoisotopic (exact) mass is 667 g/mol. The molecule has 4 aromatic rings. The molecule has 0 saturated carbocycles. The van der Waals surface area contributed by atoms with Crippen molar-refractivity contribution in [3.05, 3.63) is 142 Å². The topological polar surface area (TPSA) is 0 Å². The van der Waals surface area contributed by atoms with Gasteiger partial charge in [0, 0.05) is 0 Å². The summed E-state index contributed by atoms with van der Waals surface area (Å²) in [7, 11) is 0. The maximum atomic E-state index is 2.56. The maximum Gasteiger partial charge on any atom is -1.00 e. The standard InChI is InChI=1S/C26H29.C13H10.2ClH.Zr/c1-25(2,3)20-11-12-21-18(14-20)13-19-15-24(26(4,5)6)23(16-22(19)21)17-9-7-8-10-17;1-3-7-12(8-4-1)11-13-9-5-2-6-10-13;;;/h7-9,11-12,14,16H,10,13H2,1-6H3;1-10H;2*1H;/q;;;;+2/p-2. The molecule has 2 aliphatic rings.